The van der Waals surface area contributed by atoms with E-state index < -0.39 is 13.7 Å². The Hall–Kier alpha value is -0.220. The molecule has 0 rings (SSSR count). The molecule has 0 aliphatic rings. The first kappa shape index (κ1) is 11.6. The first-order valence-electron chi connectivity index (χ1n) is 2.52. The normalized spacial score (nSPS) is 8.00. The molecule has 0 heterocycles. The van der Waals surface area contributed by atoms with Gasteiger partial charge in [0.15, 0.2) is 13.7 Å². The molecule has 0 fully saturated rings. The Morgan fingerprint density at radius 2 is 1.67 bits per heavy atom. The Balaban J connectivity index is 0. The average Bonchev–Trinajstić information content (AvgIpc) is 1.91. The molecule has 0 aromatic carbocycles. The molecule has 0 spiro atoms. The van der Waals surface area contributed by atoms with E-state index in [9.17, 15) is 8.78 Å². The highest BCUT2D eigenvalue weighted by Crippen LogP contribution is 1.68. The van der Waals surface area contributed by atoms with Crippen molar-refractivity contribution in [3.05, 3.63) is 0 Å². The molecule has 0 saturated heterocycles. The molecule has 0 unspecified atom stereocenters. The maximum Gasteiger partial charge on any atom is 0.188 e. The molecule has 0 amide bonds. The first-order valence-corrected chi connectivity index (χ1v) is 2.52. The number of methoxy groups -OCH3 is 1. The smallest absolute Gasteiger partial charge is 0.188 e. The van der Waals surface area contributed by atoms with Gasteiger partial charge in [0.25, 0.3) is 0 Å². The van der Waals surface area contributed by atoms with Gasteiger partial charge in [0.2, 0.25) is 0 Å². The van der Waals surface area contributed by atoms with Crippen molar-refractivity contribution in [3.63, 3.8) is 0 Å². The van der Waals surface area contributed by atoms with Gasteiger partial charge in [-0.2, -0.15) is 0 Å². The third-order valence-corrected chi connectivity index (χ3v) is 0.390. The fourth-order valence-electron chi connectivity index (χ4n) is 0.0772. The summed E-state index contributed by atoms with van der Waals surface area (Å²) in [5.41, 5.74) is 0. The van der Waals surface area contributed by atoms with E-state index >= 15 is 0 Å². The summed E-state index contributed by atoms with van der Waals surface area (Å²) in [5, 5.41) is 0. The Labute approximate surface area is 53.8 Å². The van der Waals surface area contributed by atoms with Crippen LogP contribution in [0, 0.1) is 0 Å². The van der Waals surface area contributed by atoms with Gasteiger partial charge in [0.1, 0.15) is 0 Å². The molecule has 0 saturated carbocycles. The van der Waals surface area contributed by atoms with E-state index in [1.54, 1.807) is 6.92 Å². The number of alkyl halides is 2. The minimum absolute atomic E-state index is 0.469. The quantitative estimate of drug-likeness (QED) is 0.594. The van der Waals surface area contributed by atoms with Crippen LogP contribution in [0.25, 0.3) is 0 Å². The maximum atomic E-state index is 10.8. The summed E-state index contributed by atoms with van der Waals surface area (Å²) in [5.74, 6) is 0. The van der Waals surface area contributed by atoms with Gasteiger partial charge in [-0.05, 0) is 6.92 Å². The van der Waals surface area contributed by atoms with Gasteiger partial charge in [-0.3, -0.25) is 0 Å². The molecule has 0 atom stereocenters. The molecular formula is C5H12F2O2. The van der Waals surface area contributed by atoms with Crippen LogP contribution in [-0.4, -0.2) is 27.4 Å². The van der Waals surface area contributed by atoms with Crippen LogP contribution in [-0.2, 0) is 9.47 Å². The van der Waals surface area contributed by atoms with E-state index in [2.05, 4.69) is 9.47 Å². The number of hydrogen-bond donors (Lipinski definition) is 0. The summed E-state index contributed by atoms with van der Waals surface area (Å²) >= 11 is 0. The highest BCUT2D eigenvalue weighted by molar-refractivity contribution is 3.99. The van der Waals surface area contributed by atoms with Gasteiger partial charge in [0, 0.05) is 13.7 Å². The largest absolute Gasteiger partial charge is 0.354 e. The minimum Gasteiger partial charge on any atom is -0.354 e. The molecule has 0 aliphatic heterocycles. The van der Waals surface area contributed by atoms with Crippen LogP contribution < -0.4 is 0 Å². The molecule has 0 radical (unpaired) electrons. The van der Waals surface area contributed by atoms with Crippen molar-refractivity contribution in [1.29, 1.82) is 0 Å². The third-order valence-electron chi connectivity index (χ3n) is 0.390. The van der Waals surface area contributed by atoms with Crippen LogP contribution in [0.4, 0.5) is 8.78 Å². The molecular weight excluding hydrogens is 130 g/mol. The molecule has 0 aliphatic carbocycles. The second-order valence-corrected chi connectivity index (χ2v) is 1.000. The predicted molar refractivity (Wildman–Crippen MR) is 30.6 cm³/mol. The van der Waals surface area contributed by atoms with Crippen LogP contribution in [0.15, 0.2) is 0 Å². The van der Waals surface area contributed by atoms with Gasteiger partial charge in [0.05, 0.1) is 0 Å². The van der Waals surface area contributed by atoms with E-state index in [1.807, 2.05) is 0 Å². The van der Waals surface area contributed by atoms with Crippen LogP contribution >= 0.6 is 0 Å². The minimum atomic E-state index is -0.681. The molecule has 2 nitrogen and oxygen atoms in total. The van der Waals surface area contributed by atoms with Gasteiger partial charge in [-0.25, -0.2) is 8.78 Å². The standard InChI is InChI=1S/C3H7FO.C2H5FO/c1-2-5-3-4;1-4-2-3/h2-3H2,1H3;2H2,1H3. The Morgan fingerprint density at radius 3 is 1.67 bits per heavy atom. The zero-order valence-electron chi connectivity index (χ0n) is 5.69. The lowest BCUT2D eigenvalue weighted by molar-refractivity contribution is 0.0672. The van der Waals surface area contributed by atoms with Crippen LogP contribution in [0.5, 0.6) is 0 Å². The Morgan fingerprint density at radius 1 is 1.22 bits per heavy atom. The zero-order chi connectivity index (χ0) is 7.54. The Kier molecular flexibility index (Phi) is 20.1. The molecule has 58 valence electrons. The van der Waals surface area contributed by atoms with E-state index in [1.165, 1.54) is 7.11 Å². The van der Waals surface area contributed by atoms with Crippen LogP contribution in [0.3, 0.4) is 0 Å². The first-order chi connectivity index (χ1) is 4.33. The number of halogens is 2. The lowest BCUT2D eigenvalue weighted by Gasteiger charge is -1.83. The van der Waals surface area contributed by atoms with Crippen molar-refractivity contribution < 1.29 is 18.3 Å². The van der Waals surface area contributed by atoms with Crippen molar-refractivity contribution in [2.75, 3.05) is 27.4 Å². The summed E-state index contributed by atoms with van der Waals surface area (Å²) in [4.78, 5) is 0. The average molecular weight is 142 g/mol. The molecule has 4 heteroatoms. The molecule has 0 bridgehead atoms. The SMILES string of the molecule is CCOCF.COCF. The fraction of sp³-hybridized carbons (Fsp3) is 1.00. The van der Waals surface area contributed by atoms with Crippen LogP contribution in [0.1, 0.15) is 6.92 Å². The lowest BCUT2D eigenvalue weighted by atomic mass is 10.9. The second kappa shape index (κ2) is 15.7. The van der Waals surface area contributed by atoms with Crippen molar-refractivity contribution >= 4 is 0 Å². The summed E-state index contributed by atoms with van der Waals surface area (Å²) in [6, 6.07) is 0. The zero-order valence-corrected chi connectivity index (χ0v) is 5.69. The topological polar surface area (TPSA) is 18.5 Å². The second-order valence-electron chi connectivity index (χ2n) is 1.000. The highest BCUT2D eigenvalue weighted by Gasteiger charge is 1.67. The Bertz CT molecular complexity index is 32.1. The van der Waals surface area contributed by atoms with E-state index in [0.717, 1.165) is 0 Å². The van der Waals surface area contributed by atoms with Crippen molar-refractivity contribution in [2.45, 2.75) is 6.92 Å². The lowest BCUT2D eigenvalue weighted by Crippen LogP contribution is -1.82. The summed E-state index contributed by atoms with van der Waals surface area (Å²) in [6.07, 6.45) is 0. The number of ether oxygens (including phenoxy) is 2. The van der Waals surface area contributed by atoms with Crippen molar-refractivity contribution in [3.8, 4) is 0 Å². The monoisotopic (exact) mass is 142 g/mol. The van der Waals surface area contributed by atoms with Gasteiger partial charge in [-0.1, -0.05) is 0 Å². The van der Waals surface area contributed by atoms with Crippen molar-refractivity contribution in [2.24, 2.45) is 0 Å². The molecule has 0 N–H and O–H groups in total. The molecule has 9 heavy (non-hydrogen) atoms. The van der Waals surface area contributed by atoms with Gasteiger partial charge >= 0.3 is 0 Å². The summed E-state index contributed by atoms with van der Waals surface area (Å²) in [7, 11) is 1.31. The molecule has 0 aromatic rings. The van der Waals surface area contributed by atoms with E-state index in [0.29, 0.717) is 6.61 Å². The van der Waals surface area contributed by atoms with E-state index in [-0.39, 0.29) is 0 Å². The fourth-order valence-corrected chi connectivity index (χ4v) is 0.0772. The number of rotatable bonds is 3. The number of hydrogen-bond acceptors (Lipinski definition) is 2. The van der Waals surface area contributed by atoms with Gasteiger partial charge < -0.3 is 9.47 Å². The van der Waals surface area contributed by atoms with Gasteiger partial charge in [-0.15, -0.1) is 0 Å². The predicted octanol–water partition coefficient (Wildman–Crippen LogP) is 1.51. The van der Waals surface area contributed by atoms with Crippen molar-refractivity contribution in [1.82, 2.24) is 0 Å². The highest BCUT2D eigenvalue weighted by atomic mass is 19.1. The third kappa shape index (κ3) is 33.6. The summed E-state index contributed by atoms with van der Waals surface area (Å²) < 4.78 is 29.3. The van der Waals surface area contributed by atoms with E-state index in [4.69, 9.17) is 0 Å². The van der Waals surface area contributed by atoms with Crippen LogP contribution in [0.2, 0.25) is 0 Å². The maximum absolute atomic E-state index is 10.8. The molecule has 0 aromatic heterocycles. The summed E-state index contributed by atoms with van der Waals surface area (Å²) in [6.45, 7) is 0.882.